The van der Waals surface area contributed by atoms with E-state index in [-0.39, 0.29) is 11.2 Å². The lowest BCUT2D eigenvalue weighted by Gasteiger charge is -2.07. The number of hydrogen-bond acceptors (Lipinski definition) is 4. The van der Waals surface area contributed by atoms with Gasteiger partial charge in [0.2, 0.25) is 0 Å². The molecule has 0 aliphatic carbocycles. The smallest absolute Gasteiger partial charge is 0.200 e. The van der Waals surface area contributed by atoms with Crippen molar-refractivity contribution in [3.05, 3.63) is 82.2 Å². The van der Waals surface area contributed by atoms with Crippen LogP contribution >= 0.6 is 0 Å². The normalized spacial score (nSPS) is 11.5. The summed E-state index contributed by atoms with van der Waals surface area (Å²) in [6, 6.07) is 11.9. The standard InChI is InChI=1S/C25H26O4/c1-17(2)5-4-6-18(3)13-14-28-21-10-7-19(8-11-21)23-16-29-24-15-20(26)9-12-22(24)25(23)27/h5,7-13,15-16,26H,4,6,14H2,1-3H3. The molecule has 1 aromatic heterocycles. The first-order chi connectivity index (χ1) is 13.9. The third kappa shape index (κ3) is 5.38. The minimum Gasteiger partial charge on any atom is -0.508 e. The van der Waals surface area contributed by atoms with E-state index in [1.807, 2.05) is 24.3 Å². The zero-order valence-electron chi connectivity index (χ0n) is 17.1. The second-order valence-corrected chi connectivity index (χ2v) is 7.36. The second-order valence-electron chi connectivity index (χ2n) is 7.36. The summed E-state index contributed by atoms with van der Waals surface area (Å²) in [5, 5.41) is 9.96. The van der Waals surface area contributed by atoms with Gasteiger partial charge in [0.25, 0.3) is 0 Å². The van der Waals surface area contributed by atoms with Gasteiger partial charge in [-0.15, -0.1) is 0 Å². The fraction of sp³-hybridized carbons (Fsp3) is 0.240. The number of rotatable bonds is 7. The summed E-state index contributed by atoms with van der Waals surface area (Å²) in [5.41, 5.74) is 4.12. The van der Waals surface area contributed by atoms with E-state index in [1.165, 1.54) is 29.5 Å². The van der Waals surface area contributed by atoms with Crippen LogP contribution < -0.4 is 10.2 Å². The third-order valence-corrected chi connectivity index (χ3v) is 4.70. The van der Waals surface area contributed by atoms with E-state index >= 15 is 0 Å². The number of benzene rings is 2. The molecule has 0 spiro atoms. The largest absolute Gasteiger partial charge is 0.508 e. The second kappa shape index (κ2) is 9.28. The van der Waals surface area contributed by atoms with Gasteiger partial charge in [0.15, 0.2) is 5.43 Å². The molecule has 1 N–H and O–H groups in total. The molecule has 0 aliphatic heterocycles. The lowest BCUT2D eigenvalue weighted by atomic mass is 10.1. The Bertz CT molecular complexity index is 1100. The van der Waals surface area contributed by atoms with Gasteiger partial charge in [0, 0.05) is 6.07 Å². The van der Waals surface area contributed by atoms with Crippen molar-refractivity contribution in [1.29, 1.82) is 0 Å². The maximum absolute atomic E-state index is 12.7. The van der Waals surface area contributed by atoms with E-state index in [2.05, 4.69) is 32.9 Å². The molecule has 0 atom stereocenters. The number of ether oxygens (including phenoxy) is 1. The molecule has 0 saturated heterocycles. The predicted molar refractivity (Wildman–Crippen MR) is 118 cm³/mol. The van der Waals surface area contributed by atoms with Crippen molar-refractivity contribution in [2.24, 2.45) is 0 Å². The highest BCUT2D eigenvalue weighted by Gasteiger charge is 2.09. The summed E-state index contributed by atoms with van der Waals surface area (Å²) >= 11 is 0. The van der Waals surface area contributed by atoms with Crippen LogP contribution in [0, 0.1) is 0 Å². The van der Waals surface area contributed by atoms with Gasteiger partial charge < -0.3 is 14.3 Å². The summed E-state index contributed by atoms with van der Waals surface area (Å²) in [6.07, 6.45) is 7.85. The van der Waals surface area contributed by atoms with E-state index in [4.69, 9.17) is 9.15 Å². The monoisotopic (exact) mass is 390 g/mol. The van der Waals surface area contributed by atoms with Crippen LogP contribution in [0.25, 0.3) is 22.1 Å². The average molecular weight is 390 g/mol. The first kappa shape index (κ1) is 20.5. The Morgan fingerprint density at radius 1 is 1.07 bits per heavy atom. The lowest BCUT2D eigenvalue weighted by Crippen LogP contribution is -2.04. The van der Waals surface area contributed by atoms with Crippen LogP contribution in [0.2, 0.25) is 0 Å². The van der Waals surface area contributed by atoms with Crippen molar-refractivity contribution in [2.45, 2.75) is 33.6 Å². The van der Waals surface area contributed by atoms with Crippen molar-refractivity contribution in [1.82, 2.24) is 0 Å². The highest BCUT2D eigenvalue weighted by atomic mass is 16.5. The minimum absolute atomic E-state index is 0.0659. The molecule has 0 fully saturated rings. The van der Waals surface area contributed by atoms with Crippen molar-refractivity contribution in [3.63, 3.8) is 0 Å². The summed E-state index contributed by atoms with van der Waals surface area (Å²) in [6.45, 7) is 6.85. The first-order valence-corrected chi connectivity index (χ1v) is 9.71. The molecule has 4 heteroatoms. The number of fused-ring (bicyclic) bond motifs is 1. The number of allylic oxidation sites excluding steroid dienone is 3. The topological polar surface area (TPSA) is 59.7 Å². The Labute approximate surface area is 170 Å². The summed E-state index contributed by atoms with van der Waals surface area (Å²) in [7, 11) is 0. The SMILES string of the molecule is CC(C)=CCCC(C)=CCOc1ccc(-c2coc3cc(O)ccc3c2=O)cc1. The Balaban J connectivity index is 1.67. The Kier molecular flexibility index (Phi) is 6.55. The zero-order chi connectivity index (χ0) is 20.8. The molecule has 3 rings (SSSR count). The Hall–Kier alpha value is -3.27. The maximum Gasteiger partial charge on any atom is 0.200 e. The molecule has 2 aromatic carbocycles. The summed E-state index contributed by atoms with van der Waals surface area (Å²) in [5.74, 6) is 0.813. The molecular weight excluding hydrogens is 364 g/mol. The molecule has 0 amide bonds. The van der Waals surface area contributed by atoms with Crippen LogP contribution in [0.5, 0.6) is 11.5 Å². The van der Waals surface area contributed by atoms with Crippen LogP contribution in [0.1, 0.15) is 33.6 Å². The molecule has 150 valence electrons. The molecular formula is C25H26O4. The molecule has 0 bridgehead atoms. The molecule has 0 saturated carbocycles. The highest BCUT2D eigenvalue weighted by Crippen LogP contribution is 2.24. The molecule has 0 unspecified atom stereocenters. The van der Waals surface area contributed by atoms with Gasteiger partial charge in [0.1, 0.15) is 30.0 Å². The number of aromatic hydroxyl groups is 1. The van der Waals surface area contributed by atoms with Gasteiger partial charge >= 0.3 is 0 Å². The quantitative estimate of drug-likeness (QED) is 0.485. The Morgan fingerprint density at radius 2 is 1.83 bits per heavy atom. The van der Waals surface area contributed by atoms with Crippen LogP contribution in [-0.4, -0.2) is 11.7 Å². The molecule has 1 heterocycles. The molecule has 0 aliphatic rings. The van der Waals surface area contributed by atoms with Crippen molar-refractivity contribution in [3.8, 4) is 22.6 Å². The van der Waals surface area contributed by atoms with Gasteiger partial charge in [-0.2, -0.15) is 0 Å². The van der Waals surface area contributed by atoms with Crippen molar-refractivity contribution >= 4 is 11.0 Å². The lowest BCUT2D eigenvalue weighted by molar-refractivity contribution is 0.361. The van der Waals surface area contributed by atoms with E-state index in [0.29, 0.717) is 23.1 Å². The van der Waals surface area contributed by atoms with E-state index in [9.17, 15) is 9.90 Å². The molecule has 29 heavy (non-hydrogen) atoms. The van der Waals surface area contributed by atoms with Gasteiger partial charge in [-0.3, -0.25) is 4.79 Å². The predicted octanol–water partition coefficient (Wildman–Crippen LogP) is 6.24. The fourth-order valence-corrected chi connectivity index (χ4v) is 3.02. The fourth-order valence-electron chi connectivity index (χ4n) is 3.02. The average Bonchev–Trinajstić information content (AvgIpc) is 2.68. The van der Waals surface area contributed by atoms with Crippen LogP contribution in [0.15, 0.2) is 81.2 Å². The third-order valence-electron chi connectivity index (χ3n) is 4.70. The first-order valence-electron chi connectivity index (χ1n) is 9.71. The molecule has 3 aromatic rings. The van der Waals surface area contributed by atoms with E-state index < -0.39 is 0 Å². The van der Waals surface area contributed by atoms with E-state index in [0.717, 1.165) is 24.2 Å². The van der Waals surface area contributed by atoms with Gasteiger partial charge in [0.05, 0.1) is 10.9 Å². The number of hydrogen-bond donors (Lipinski definition) is 1. The maximum atomic E-state index is 12.7. The zero-order valence-corrected chi connectivity index (χ0v) is 17.1. The number of phenols is 1. The van der Waals surface area contributed by atoms with Crippen LogP contribution in [-0.2, 0) is 0 Å². The highest BCUT2D eigenvalue weighted by molar-refractivity contribution is 5.82. The number of phenolic OH excluding ortho intramolecular Hbond substituents is 1. The summed E-state index contributed by atoms with van der Waals surface area (Å²) in [4.78, 5) is 12.7. The van der Waals surface area contributed by atoms with Gasteiger partial charge in [-0.05, 0) is 69.5 Å². The summed E-state index contributed by atoms with van der Waals surface area (Å²) < 4.78 is 11.3. The van der Waals surface area contributed by atoms with Gasteiger partial charge in [-0.1, -0.05) is 29.4 Å². The van der Waals surface area contributed by atoms with Crippen molar-refractivity contribution < 1.29 is 14.3 Å². The molecule has 0 radical (unpaired) electrons. The minimum atomic E-state index is -0.130. The molecule has 4 nitrogen and oxygen atoms in total. The van der Waals surface area contributed by atoms with Crippen LogP contribution in [0.3, 0.4) is 0 Å². The van der Waals surface area contributed by atoms with Crippen LogP contribution in [0.4, 0.5) is 0 Å². The van der Waals surface area contributed by atoms with Gasteiger partial charge in [-0.25, -0.2) is 0 Å². The van der Waals surface area contributed by atoms with E-state index in [1.54, 1.807) is 6.07 Å². The van der Waals surface area contributed by atoms with Crippen molar-refractivity contribution in [2.75, 3.05) is 6.61 Å². The Morgan fingerprint density at radius 3 is 2.55 bits per heavy atom.